The number of nitro groups is 1. The van der Waals surface area contributed by atoms with Crippen LogP contribution < -0.4 is 4.74 Å². The Morgan fingerprint density at radius 2 is 1.88 bits per heavy atom. The Kier molecular flexibility index (Phi) is 7.40. The lowest BCUT2D eigenvalue weighted by Gasteiger charge is -2.14. The van der Waals surface area contributed by atoms with Crippen molar-refractivity contribution in [2.45, 2.75) is 45.4 Å². The number of hydrogen-bond acceptors (Lipinski definition) is 6. The first-order valence-corrected chi connectivity index (χ1v) is 11.8. The van der Waals surface area contributed by atoms with Crippen LogP contribution in [0.1, 0.15) is 60.7 Å². The third kappa shape index (κ3) is 5.42. The van der Waals surface area contributed by atoms with E-state index in [9.17, 15) is 14.9 Å². The molecule has 174 valence electrons. The summed E-state index contributed by atoms with van der Waals surface area (Å²) in [5, 5.41) is 11.8. The van der Waals surface area contributed by atoms with Gasteiger partial charge < -0.3 is 14.1 Å². The van der Waals surface area contributed by atoms with Crippen LogP contribution in [-0.4, -0.2) is 41.8 Å². The maximum atomic E-state index is 13.4. The van der Waals surface area contributed by atoms with Crippen molar-refractivity contribution in [3.8, 4) is 5.75 Å². The van der Waals surface area contributed by atoms with Crippen molar-refractivity contribution in [3.63, 3.8) is 0 Å². The summed E-state index contributed by atoms with van der Waals surface area (Å²) in [6, 6.07) is 11.5. The number of unbranched alkanes of at least 4 members (excludes halogenated alkanes) is 1. The molecule has 7 heteroatoms. The molecule has 7 nitrogen and oxygen atoms in total. The molecule has 1 aliphatic rings. The third-order valence-electron chi connectivity index (χ3n) is 6.14. The Bertz CT molecular complexity index is 1110. The summed E-state index contributed by atoms with van der Waals surface area (Å²) in [7, 11) is 0. The van der Waals surface area contributed by atoms with Gasteiger partial charge in [-0.15, -0.1) is 0 Å². The fourth-order valence-electron chi connectivity index (χ4n) is 4.34. The van der Waals surface area contributed by atoms with Crippen molar-refractivity contribution in [1.29, 1.82) is 0 Å². The number of hydrogen-bond donors (Lipinski definition) is 0. The van der Waals surface area contributed by atoms with Gasteiger partial charge in [-0.1, -0.05) is 13.3 Å². The van der Waals surface area contributed by atoms with E-state index in [1.165, 1.54) is 38.1 Å². The monoisotopic (exact) mass is 450 g/mol. The number of likely N-dealkylation sites (tertiary alicyclic amines) is 1. The first kappa shape index (κ1) is 23.0. The normalized spacial score (nSPS) is 14.1. The van der Waals surface area contributed by atoms with Gasteiger partial charge in [-0.05, 0) is 69.1 Å². The van der Waals surface area contributed by atoms with E-state index in [2.05, 4.69) is 11.8 Å². The van der Waals surface area contributed by atoms with Crippen LogP contribution in [0.4, 0.5) is 5.69 Å². The molecule has 0 spiro atoms. The maximum Gasteiger partial charge on any atom is 0.270 e. The van der Waals surface area contributed by atoms with Gasteiger partial charge in [-0.25, -0.2) is 0 Å². The second kappa shape index (κ2) is 10.6. The number of furan rings is 1. The van der Waals surface area contributed by atoms with Crippen molar-refractivity contribution in [2.75, 3.05) is 26.2 Å². The number of ketones is 1. The zero-order valence-corrected chi connectivity index (χ0v) is 19.0. The van der Waals surface area contributed by atoms with Crippen LogP contribution in [0.3, 0.4) is 0 Å². The number of nitro benzene ring substituents is 1. The fourth-order valence-corrected chi connectivity index (χ4v) is 4.34. The van der Waals surface area contributed by atoms with Crippen molar-refractivity contribution >= 4 is 22.4 Å². The maximum absolute atomic E-state index is 13.4. The molecule has 1 saturated heterocycles. The van der Waals surface area contributed by atoms with Crippen LogP contribution in [-0.2, 0) is 6.42 Å². The standard InChI is InChI=1S/C26H30N2O5/c1-2-3-7-24-25(22-18-20(28(30)31)10-13-23(22)33-24)26(29)19-8-11-21(12-9-19)32-17-6-16-27-14-4-5-15-27/h8-13,18H,2-7,14-17H2,1H3. The SMILES string of the molecule is CCCCc1oc2ccc([N+](=O)[O-])cc2c1C(=O)c1ccc(OCCCN2CCCC2)cc1. The van der Waals surface area contributed by atoms with E-state index in [0.29, 0.717) is 40.9 Å². The van der Waals surface area contributed by atoms with Crippen molar-refractivity contribution in [1.82, 2.24) is 4.90 Å². The molecule has 0 aliphatic carbocycles. The van der Waals surface area contributed by atoms with Gasteiger partial charge in [0, 0.05) is 36.0 Å². The molecule has 1 fully saturated rings. The molecule has 0 amide bonds. The second-order valence-electron chi connectivity index (χ2n) is 8.55. The van der Waals surface area contributed by atoms with E-state index in [4.69, 9.17) is 9.15 Å². The molecule has 1 aromatic heterocycles. The summed E-state index contributed by atoms with van der Waals surface area (Å²) in [5.74, 6) is 1.12. The predicted octanol–water partition coefficient (Wildman–Crippen LogP) is 5.78. The number of rotatable bonds is 11. The molecule has 0 saturated carbocycles. The summed E-state index contributed by atoms with van der Waals surface area (Å²) in [4.78, 5) is 26.7. The third-order valence-corrected chi connectivity index (χ3v) is 6.14. The molecular formula is C26H30N2O5. The smallest absolute Gasteiger partial charge is 0.270 e. The van der Waals surface area contributed by atoms with Gasteiger partial charge in [0.05, 0.1) is 17.1 Å². The molecule has 0 unspecified atom stereocenters. The average Bonchev–Trinajstić information content (AvgIpc) is 3.47. The first-order valence-electron chi connectivity index (χ1n) is 11.8. The lowest BCUT2D eigenvalue weighted by molar-refractivity contribution is -0.384. The van der Waals surface area contributed by atoms with Gasteiger partial charge in [0.2, 0.25) is 0 Å². The van der Waals surface area contributed by atoms with E-state index >= 15 is 0 Å². The number of carbonyl (C=O) groups is 1. The quantitative estimate of drug-likeness (QED) is 0.159. The Hall–Kier alpha value is -3.19. The zero-order valence-electron chi connectivity index (χ0n) is 19.0. The highest BCUT2D eigenvalue weighted by molar-refractivity contribution is 6.17. The van der Waals surface area contributed by atoms with Crippen LogP contribution in [0.15, 0.2) is 46.9 Å². The highest BCUT2D eigenvalue weighted by Crippen LogP contribution is 2.32. The molecule has 0 atom stereocenters. The number of aryl methyl sites for hydroxylation is 1. The minimum atomic E-state index is -0.456. The van der Waals surface area contributed by atoms with Gasteiger partial charge in [0.1, 0.15) is 17.1 Å². The minimum absolute atomic E-state index is 0.0583. The molecule has 33 heavy (non-hydrogen) atoms. The van der Waals surface area contributed by atoms with Gasteiger partial charge in [0.15, 0.2) is 5.78 Å². The van der Waals surface area contributed by atoms with Gasteiger partial charge >= 0.3 is 0 Å². The molecule has 0 bridgehead atoms. The number of fused-ring (bicyclic) bond motifs is 1. The predicted molar refractivity (Wildman–Crippen MR) is 127 cm³/mol. The molecule has 2 heterocycles. The first-order chi connectivity index (χ1) is 16.1. The minimum Gasteiger partial charge on any atom is -0.494 e. The van der Waals surface area contributed by atoms with Crippen LogP contribution in [0.25, 0.3) is 11.0 Å². The van der Waals surface area contributed by atoms with Gasteiger partial charge in [-0.3, -0.25) is 14.9 Å². The second-order valence-corrected chi connectivity index (χ2v) is 8.55. The van der Waals surface area contributed by atoms with Crippen LogP contribution in [0.5, 0.6) is 5.75 Å². The van der Waals surface area contributed by atoms with Gasteiger partial charge in [-0.2, -0.15) is 0 Å². The zero-order chi connectivity index (χ0) is 23.2. The lowest BCUT2D eigenvalue weighted by atomic mass is 9.98. The summed E-state index contributed by atoms with van der Waals surface area (Å²) in [5.41, 5.74) is 1.36. The van der Waals surface area contributed by atoms with E-state index < -0.39 is 4.92 Å². The highest BCUT2D eigenvalue weighted by Gasteiger charge is 2.23. The molecule has 2 aromatic carbocycles. The van der Waals surface area contributed by atoms with Crippen LogP contribution >= 0.6 is 0 Å². The Morgan fingerprint density at radius 1 is 1.12 bits per heavy atom. The largest absolute Gasteiger partial charge is 0.494 e. The van der Waals surface area contributed by atoms with Crippen molar-refractivity contribution < 1.29 is 18.9 Å². The average molecular weight is 451 g/mol. The van der Waals surface area contributed by atoms with Crippen molar-refractivity contribution in [3.05, 3.63) is 69.5 Å². The van der Waals surface area contributed by atoms with E-state index in [1.807, 2.05) is 0 Å². The van der Waals surface area contributed by atoms with Crippen LogP contribution in [0, 0.1) is 10.1 Å². The molecule has 4 rings (SSSR count). The Morgan fingerprint density at radius 3 is 2.58 bits per heavy atom. The molecule has 0 N–H and O–H groups in total. The van der Waals surface area contributed by atoms with E-state index in [0.717, 1.165) is 31.6 Å². The Labute approximate surface area is 193 Å². The summed E-state index contributed by atoms with van der Waals surface area (Å²) >= 11 is 0. The molecule has 1 aliphatic heterocycles. The number of ether oxygens (including phenoxy) is 1. The van der Waals surface area contributed by atoms with E-state index in [-0.39, 0.29) is 11.5 Å². The summed E-state index contributed by atoms with van der Waals surface area (Å²) in [6.07, 6.45) is 5.98. The summed E-state index contributed by atoms with van der Waals surface area (Å²) in [6.45, 7) is 6.13. The molecule has 0 radical (unpaired) electrons. The lowest BCUT2D eigenvalue weighted by Crippen LogP contribution is -2.21. The fraction of sp³-hybridized carbons (Fsp3) is 0.423. The Balaban J connectivity index is 1.50. The number of benzene rings is 2. The van der Waals surface area contributed by atoms with Crippen molar-refractivity contribution in [2.24, 2.45) is 0 Å². The summed E-state index contributed by atoms with van der Waals surface area (Å²) < 4.78 is 11.8. The number of nitrogens with zero attached hydrogens (tertiary/aromatic N) is 2. The molecular weight excluding hydrogens is 420 g/mol. The molecule has 3 aromatic rings. The highest BCUT2D eigenvalue weighted by atomic mass is 16.6. The van der Waals surface area contributed by atoms with Gasteiger partial charge in [0.25, 0.3) is 5.69 Å². The number of carbonyl (C=O) groups excluding carboxylic acids is 1. The topological polar surface area (TPSA) is 85.8 Å². The van der Waals surface area contributed by atoms with E-state index in [1.54, 1.807) is 30.3 Å². The number of non-ortho nitro benzene ring substituents is 1. The van der Waals surface area contributed by atoms with Crippen LogP contribution in [0.2, 0.25) is 0 Å².